The monoisotopic (exact) mass is 232 g/mol. The minimum Gasteiger partial charge on any atom is -0.328 e. The van der Waals surface area contributed by atoms with Crippen molar-refractivity contribution < 1.29 is 13.6 Å². The van der Waals surface area contributed by atoms with E-state index in [0.29, 0.717) is 13.1 Å². The Labute approximate surface area is 94.7 Å². The van der Waals surface area contributed by atoms with E-state index in [2.05, 4.69) is 6.58 Å². The van der Waals surface area contributed by atoms with Gasteiger partial charge in [-0.2, -0.15) is 0 Å². The van der Waals surface area contributed by atoms with Crippen molar-refractivity contribution in [2.45, 2.75) is 32.4 Å². The van der Waals surface area contributed by atoms with Crippen LogP contribution in [0.3, 0.4) is 0 Å². The summed E-state index contributed by atoms with van der Waals surface area (Å²) in [5.41, 5.74) is 0. The van der Waals surface area contributed by atoms with E-state index >= 15 is 0 Å². The highest BCUT2D eigenvalue weighted by Gasteiger charge is 2.35. The predicted octanol–water partition coefficient (Wildman–Crippen LogP) is 1.36. The Morgan fingerprint density at radius 1 is 1.44 bits per heavy atom. The van der Waals surface area contributed by atoms with Gasteiger partial charge in [-0.15, -0.1) is 0 Å². The number of alkyl halides is 2. The van der Waals surface area contributed by atoms with Crippen molar-refractivity contribution in [3.63, 3.8) is 0 Å². The molecule has 1 rings (SSSR count). The zero-order valence-corrected chi connectivity index (χ0v) is 9.70. The summed E-state index contributed by atoms with van der Waals surface area (Å²) in [6.45, 7) is 8.48. The topological polar surface area (TPSA) is 23.6 Å². The number of halogens is 2. The first-order valence-electron chi connectivity index (χ1n) is 5.42. The third-order valence-corrected chi connectivity index (χ3v) is 2.93. The molecule has 5 heteroatoms. The molecule has 1 fully saturated rings. The maximum atomic E-state index is 12.8. The molecule has 16 heavy (non-hydrogen) atoms. The van der Waals surface area contributed by atoms with Crippen molar-refractivity contribution in [3.05, 3.63) is 12.7 Å². The van der Waals surface area contributed by atoms with Gasteiger partial charge in [0, 0.05) is 25.7 Å². The van der Waals surface area contributed by atoms with Gasteiger partial charge >= 0.3 is 0 Å². The van der Waals surface area contributed by atoms with E-state index in [1.54, 1.807) is 0 Å². The van der Waals surface area contributed by atoms with Crippen LogP contribution in [0.15, 0.2) is 12.7 Å². The Morgan fingerprint density at radius 2 is 2.06 bits per heavy atom. The maximum Gasteiger partial charge on any atom is 0.259 e. The number of nitrogens with zero attached hydrogens (tertiary/aromatic N) is 2. The van der Waals surface area contributed by atoms with Gasteiger partial charge in [0.05, 0.1) is 0 Å². The third-order valence-electron chi connectivity index (χ3n) is 2.93. The van der Waals surface area contributed by atoms with Crippen molar-refractivity contribution in [1.29, 1.82) is 0 Å². The lowest BCUT2D eigenvalue weighted by Gasteiger charge is -2.42. The molecule has 0 N–H and O–H groups in total. The van der Waals surface area contributed by atoms with E-state index in [1.165, 1.54) is 4.90 Å². The van der Waals surface area contributed by atoms with Gasteiger partial charge in [-0.05, 0) is 19.9 Å². The van der Waals surface area contributed by atoms with Gasteiger partial charge < -0.3 is 4.90 Å². The van der Waals surface area contributed by atoms with E-state index in [-0.39, 0.29) is 12.6 Å². The molecule has 0 bridgehead atoms. The summed E-state index contributed by atoms with van der Waals surface area (Å²) in [5.74, 6) is -0.409. The Bertz CT molecular complexity index is 269. The minimum absolute atomic E-state index is 0.224. The molecule has 1 amide bonds. The standard InChI is InChI=1S/C11H18F2N2O/c1-4-10(16)15-6-5-14(8(2)3)7-9(15)11(12)13/h4,8-9,11H,1,5-7H2,2-3H3. The van der Waals surface area contributed by atoms with Gasteiger partial charge in [0.15, 0.2) is 0 Å². The van der Waals surface area contributed by atoms with Crippen LogP contribution in [0.1, 0.15) is 13.8 Å². The molecule has 0 aromatic carbocycles. The number of piperazine rings is 1. The molecule has 92 valence electrons. The number of hydrogen-bond acceptors (Lipinski definition) is 2. The summed E-state index contributed by atoms with van der Waals surface area (Å²) in [4.78, 5) is 14.6. The van der Waals surface area contributed by atoms with E-state index in [1.807, 2.05) is 18.7 Å². The van der Waals surface area contributed by atoms with Gasteiger partial charge in [-0.1, -0.05) is 6.58 Å². The summed E-state index contributed by atoms with van der Waals surface area (Å²) in [7, 11) is 0. The summed E-state index contributed by atoms with van der Waals surface area (Å²) < 4.78 is 25.7. The van der Waals surface area contributed by atoms with E-state index in [4.69, 9.17) is 0 Å². The van der Waals surface area contributed by atoms with Gasteiger partial charge in [-0.25, -0.2) is 8.78 Å². The Morgan fingerprint density at radius 3 is 2.50 bits per heavy atom. The summed E-state index contributed by atoms with van der Waals surface area (Å²) in [5, 5.41) is 0. The van der Waals surface area contributed by atoms with Crippen molar-refractivity contribution in [2.75, 3.05) is 19.6 Å². The largest absolute Gasteiger partial charge is 0.328 e. The minimum atomic E-state index is -2.51. The van der Waals surface area contributed by atoms with Gasteiger partial charge in [0.2, 0.25) is 5.91 Å². The predicted molar refractivity (Wildman–Crippen MR) is 58.4 cm³/mol. The van der Waals surface area contributed by atoms with Crippen molar-refractivity contribution in [2.24, 2.45) is 0 Å². The Kier molecular flexibility index (Phi) is 4.41. The molecule has 1 aliphatic heterocycles. The molecule has 1 aliphatic rings. The molecule has 1 saturated heterocycles. The third kappa shape index (κ3) is 2.78. The highest BCUT2D eigenvalue weighted by Crippen LogP contribution is 2.18. The highest BCUT2D eigenvalue weighted by molar-refractivity contribution is 5.87. The Hall–Kier alpha value is -0.970. The zero-order valence-electron chi connectivity index (χ0n) is 9.70. The number of carbonyl (C=O) groups is 1. The van der Waals surface area contributed by atoms with Gasteiger partial charge in [0.1, 0.15) is 6.04 Å². The molecule has 1 unspecified atom stereocenters. The van der Waals surface area contributed by atoms with Crippen LogP contribution in [0.2, 0.25) is 0 Å². The number of rotatable bonds is 3. The lowest BCUT2D eigenvalue weighted by molar-refractivity contribution is -0.136. The fraction of sp³-hybridized carbons (Fsp3) is 0.727. The second-order valence-corrected chi connectivity index (χ2v) is 4.23. The molecule has 0 aliphatic carbocycles. The smallest absolute Gasteiger partial charge is 0.259 e. The van der Waals surface area contributed by atoms with Crippen LogP contribution in [0.4, 0.5) is 8.78 Å². The molecule has 1 atom stereocenters. The average Bonchev–Trinajstić information content (AvgIpc) is 2.26. The first-order chi connectivity index (χ1) is 7.47. The second kappa shape index (κ2) is 5.39. The first kappa shape index (κ1) is 13.1. The van der Waals surface area contributed by atoms with Crippen LogP contribution < -0.4 is 0 Å². The van der Waals surface area contributed by atoms with Gasteiger partial charge in [-0.3, -0.25) is 9.69 Å². The van der Waals surface area contributed by atoms with Crippen LogP contribution in [0.25, 0.3) is 0 Å². The van der Waals surface area contributed by atoms with Crippen LogP contribution in [0, 0.1) is 0 Å². The van der Waals surface area contributed by atoms with Crippen molar-refractivity contribution in [3.8, 4) is 0 Å². The van der Waals surface area contributed by atoms with E-state index in [0.717, 1.165) is 6.08 Å². The number of hydrogen-bond donors (Lipinski definition) is 0. The fourth-order valence-corrected chi connectivity index (χ4v) is 1.91. The molecule has 0 aromatic heterocycles. The van der Waals surface area contributed by atoms with E-state index < -0.39 is 18.4 Å². The van der Waals surface area contributed by atoms with Crippen molar-refractivity contribution >= 4 is 5.91 Å². The molecule has 3 nitrogen and oxygen atoms in total. The van der Waals surface area contributed by atoms with Crippen molar-refractivity contribution in [1.82, 2.24) is 9.80 Å². The maximum absolute atomic E-state index is 12.8. The molecular formula is C11H18F2N2O. The quantitative estimate of drug-likeness (QED) is 0.686. The summed E-state index contributed by atoms with van der Waals surface area (Å²) >= 11 is 0. The number of amides is 1. The summed E-state index contributed by atoms with van der Waals surface area (Å²) in [6.07, 6.45) is -1.41. The SMILES string of the molecule is C=CC(=O)N1CCN(C(C)C)CC1C(F)F. The van der Waals surface area contributed by atoms with Gasteiger partial charge in [0.25, 0.3) is 6.43 Å². The first-order valence-corrected chi connectivity index (χ1v) is 5.42. The molecule has 1 heterocycles. The van der Waals surface area contributed by atoms with Crippen LogP contribution in [0.5, 0.6) is 0 Å². The number of carbonyl (C=O) groups excluding carboxylic acids is 1. The summed E-state index contributed by atoms with van der Waals surface area (Å²) in [6, 6.07) is -0.788. The fourth-order valence-electron chi connectivity index (χ4n) is 1.91. The van der Waals surface area contributed by atoms with Crippen LogP contribution in [-0.2, 0) is 4.79 Å². The van der Waals surface area contributed by atoms with Crippen LogP contribution >= 0.6 is 0 Å². The highest BCUT2D eigenvalue weighted by atomic mass is 19.3. The second-order valence-electron chi connectivity index (χ2n) is 4.23. The lowest BCUT2D eigenvalue weighted by atomic mass is 10.1. The Balaban J connectivity index is 2.75. The lowest BCUT2D eigenvalue weighted by Crippen LogP contribution is -2.58. The van der Waals surface area contributed by atoms with Crippen LogP contribution in [-0.4, -0.2) is 53.9 Å². The molecule has 0 saturated carbocycles. The molecular weight excluding hydrogens is 214 g/mol. The molecule has 0 radical (unpaired) electrons. The molecule has 0 aromatic rings. The molecule has 0 spiro atoms. The average molecular weight is 232 g/mol. The van der Waals surface area contributed by atoms with E-state index in [9.17, 15) is 13.6 Å². The normalized spacial score (nSPS) is 22.9. The zero-order chi connectivity index (χ0) is 12.3.